The van der Waals surface area contributed by atoms with Crippen LogP contribution in [0.15, 0.2) is 36.4 Å². The van der Waals surface area contributed by atoms with Crippen molar-refractivity contribution in [2.75, 3.05) is 13.8 Å². The summed E-state index contributed by atoms with van der Waals surface area (Å²) in [5.41, 5.74) is 0.752. The Kier molecular flexibility index (Phi) is 8.37. The summed E-state index contributed by atoms with van der Waals surface area (Å²) in [5, 5.41) is 9.05. The second kappa shape index (κ2) is 9.39. The third-order valence-corrected chi connectivity index (χ3v) is 1.81. The molecule has 0 saturated heterocycles. The quantitative estimate of drug-likeness (QED) is 0.652. The lowest BCUT2D eigenvalue weighted by Gasteiger charge is -1.99. The molecule has 0 fully saturated rings. The number of halogens is 1. The summed E-state index contributed by atoms with van der Waals surface area (Å²) in [5.74, 6) is -0.142. The summed E-state index contributed by atoms with van der Waals surface area (Å²) < 4.78 is 15.4. The van der Waals surface area contributed by atoms with Gasteiger partial charge in [0, 0.05) is 0 Å². The van der Waals surface area contributed by atoms with Gasteiger partial charge in [-0.05, 0) is 24.6 Å². The Labute approximate surface area is 101 Å². The maximum Gasteiger partial charge on any atom is 0.309 e. The van der Waals surface area contributed by atoms with E-state index in [4.69, 9.17) is 5.11 Å². The summed E-state index contributed by atoms with van der Waals surface area (Å²) in [6.45, 7) is 1.45. The normalized spacial score (nSPS) is 9.59. The van der Waals surface area contributed by atoms with E-state index in [0.717, 1.165) is 5.56 Å². The van der Waals surface area contributed by atoms with Crippen LogP contribution in [-0.4, -0.2) is 24.9 Å². The fourth-order valence-electron chi connectivity index (χ4n) is 0.994. The Hall–Kier alpha value is -1.84. The Balaban J connectivity index is 0.000000437. The van der Waals surface area contributed by atoms with Crippen LogP contribution >= 0.6 is 0 Å². The molecule has 1 aromatic carbocycles. The molecule has 0 heterocycles. The molecule has 0 radical (unpaired) electrons. The largest absolute Gasteiger partial charge is 0.508 e. The summed E-state index contributed by atoms with van der Waals surface area (Å²) in [6, 6.07) is 6.54. The lowest BCUT2D eigenvalue weighted by atomic mass is 10.1. The fraction of sp³-hybridized carbons (Fsp3) is 0.308. The first-order chi connectivity index (χ1) is 8.13. The third kappa shape index (κ3) is 8.02. The van der Waals surface area contributed by atoms with Crippen molar-refractivity contribution in [1.82, 2.24) is 0 Å². The number of carbonyl (C=O) groups is 1. The molecule has 3 nitrogen and oxygen atoms in total. The summed E-state index contributed by atoms with van der Waals surface area (Å²) in [6.07, 6.45) is 3.34. The van der Waals surface area contributed by atoms with Gasteiger partial charge < -0.3 is 9.84 Å². The van der Waals surface area contributed by atoms with Crippen LogP contribution in [0.4, 0.5) is 4.39 Å². The van der Waals surface area contributed by atoms with E-state index in [0.29, 0.717) is 0 Å². The molecular weight excluding hydrogens is 223 g/mol. The van der Waals surface area contributed by atoms with E-state index < -0.39 is 0 Å². The topological polar surface area (TPSA) is 46.5 Å². The second-order valence-corrected chi connectivity index (χ2v) is 3.15. The molecule has 0 spiro atoms. The second-order valence-electron chi connectivity index (χ2n) is 3.15. The van der Waals surface area contributed by atoms with E-state index in [1.165, 1.54) is 19.3 Å². The smallest absolute Gasteiger partial charge is 0.309 e. The maximum atomic E-state index is 10.9. The molecule has 1 N–H and O–H groups in total. The maximum absolute atomic E-state index is 10.9. The zero-order valence-electron chi connectivity index (χ0n) is 10.0. The van der Waals surface area contributed by atoms with Crippen molar-refractivity contribution >= 4 is 5.97 Å². The Morgan fingerprint density at radius 1 is 1.53 bits per heavy atom. The Morgan fingerprint density at radius 2 is 2.24 bits per heavy atom. The zero-order chi connectivity index (χ0) is 13.1. The van der Waals surface area contributed by atoms with Gasteiger partial charge in [-0.25, -0.2) is 4.39 Å². The molecular formula is C13H17FO3. The Morgan fingerprint density at radius 3 is 2.65 bits per heavy atom. The van der Waals surface area contributed by atoms with Gasteiger partial charge in [-0.3, -0.25) is 4.79 Å². The number of alkyl halides is 1. The monoisotopic (exact) mass is 240 g/mol. The van der Waals surface area contributed by atoms with E-state index in [1.807, 2.05) is 0 Å². The highest BCUT2D eigenvalue weighted by molar-refractivity contribution is 5.72. The van der Waals surface area contributed by atoms with Gasteiger partial charge in [-0.2, -0.15) is 0 Å². The van der Waals surface area contributed by atoms with E-state index >= 15 is 0 Å². The predicted molar refractivity (Wildman–Crippen MR) is 64.6 cm³/mol. The average Bonchev–Trinajstić information content (AvgIpc) is 2.31. The van der Waals surface area contributed by atoms with Crippen LogP contribution in [0, 0.1) is 0 Å². The first-order valence-electron chi connectivity index (χ1n) is 5.15. The number of carbonyl (C=O) groups excluding carboxylic acids is 1. The highest BCUT2D eigenvalue weighted by Gasteiger charge is 2.02. The van der Waals surface area contributed by atoms with Gasteiger partial charge in [0.25, 0.3) is 0 Å². The number of esters is 1. The standard InChI is InChI=1S/C9H10O3.C4H7F/c1-12-9(11)6-7-3-2-4-8(10)5-7;1-2-3-4-5/h2-5,10H,6H2,1H3;2-3H,4H2,1H3/b;3-2-. The average molecular weight is 240 g/mol. The van der Waals surface area contributed by atoms with Gasteiger partial charge in [-0.1, -0.05) is 24.3 Å². The van der Waals surface area contributed by atoms with Crippen molar-refractivity contribution in [2.24, 2.45) is 0 Å². The van der Waals surface area contributed by atoms with E-state index in [-0.39, 0.29) is 24.8 Å². The number of benzene rings is 1. The van der Waals surface area contributed by atoms with Crippen LogP contribution in [0.5, 0.6) is 5.75 Å². The lowest BCUT2D eigenvalue weighted by Crippen LogP contribution is -2.03. The highest BCUT2D eigenvalue weighted by Crippen LogP contribution is 2.11. The van der Waals surface area contributed by atoms with Gasteiger partial charge >= 0.3 is 5.97 Å². The van der Waals surface area contributed by atoms with Gasteiger partial charge in [0.2, 0.25) is 0 Å². The number of methoxy groups -OCH3 is 1. The van der Waals surface area contributed by atoms with E-state index in [2.05, 4.69) is 4.74 Å². The number of allylic oxidation sites excluding steroid dienone is 2. The molecule has 4 heteroatoms. The number of aromatic hydroxyl groups is 1. The minimum atomic E-state index is -0.337. The highest BCUT2D eigenvalue weighted by atomic mass is 19.1. The molecule has 0 amide bonds. The van der Waals surface area contributed by atoms with Crippen LogP contribution in [0.25, 0.3) is 0 Å². The lowest BCUT2D eigenvalue weighted by molar-refractivity contribution is -0.139. The summed E-state index contributed by atoms with van der Waals surface area (Å²) in [7, 11) is 1.34. The van der Waals surface area contributed by atoms with Crippen LogP contribution in [-0.2, 0) is 16.0 Å². The van der Waals surface area contributed by atoms with Crippen molar-refractivity contribution in [3.05, 3.63) is 42.0 Å². The molecule has 17 heavy (non-hydrogen) atoms. The molecule has 94 valence electrons. The van der Waals surface area contributed by atoms with Crippen molar-refractivity contribution in [2.45, 2.75) is 13.3 Å². The van der Waals surface area contributed by atoms with Crippen molar-refractivity contribution in [1.29, 1.82) is 0 Å². The molecule has 0 saturated carbocycles. The molecule has 0 unspecified atom stereocenters. The summed E-state index contributed by atoms with van der Waals surface area (Å²) in [4.78, 5) is 10.8. The SMILES string of the molecule is C/C=C\CF.COC(=O)Cc1cccc(O)c1. The number of phenols is 1. The van der Waals surface area contributed by atoms with Crippen LogP contribution in [0.1, 0.15) is 12.5 Å². The first-order valence-corrected chi connectivity index (χ1v) is 5.15. The predicted octanol–water partition coefficient (Wildman–Crippen LogP) is 2.64. The molecule has 0 atom stereocenters. The zero-order valence-corrected chi connectivity index (χ0v) is 10.0. The fourth-order valence-corrected chi connectivity index (χ4v) is 0.994. The minimum Gasteiger partial charge on any atom is -0.508 e. The van der Waals surface area contributed by atoms with Gasteiger partial charge in [0.15, 0.2) is 0 Å². The van der Waals surface area contributed by atoms with Crippen molar-refractivity contribution in [3.8, 4) is 5.75 Å². The number of hydrogen-bond donors (Lipinski definition) is 1. The van der Waals surface area contributed by atoms with Gasteiger partial charge in [0.05, 0.1) is 13.5 Å². The molecule has 0 aliphatic heterocycles. The number of phenolic OH excluding ortho intramolecular Hbond substituents is 1. The van der Waals surface area contributed by atoms with Crippen LogP contribution < -0.4 is 0 Å². The first kappa shape index (κ1) is 15.2. The molecule has 0 aliphatic carbocycles. The molecule has 0 aromatic heterocycles. The van der Waals surface area contributed by atoms with Crippen molar-refractivity contribution in [3.63, 3.8) is 0 Å². The molecule has 1 rings (SSSR count). The third-order valence-electron chi connectivity index (χ3n) is 1.81. The van der Waals surface area contributed by atoms with Crippen LogP contribution in [0.2, 0.25) is 0 Å². The number of rotatable bonds is 3. The van der Waals surface area contributed by atoms with Gasteiger partial charge in [-0.15, -0.1) is 0 Å². The molecule has 0 aliphatic rings. The number of hydrogen-bond acceptors (Lipinski definition) is 3. The summed E-state index contributed by atoms with van der Waals surface area (Å²) >= 11 is 0. The number of ether oxygens (including phenoxy) is 1. The minimum absolute atomic E-state index is 0.163. The van der Waals surface area contributed by atoms with Crippen molar-refractivity contribution < 1.29 is 19.0 Å². The van der Waals surface area contributed by atoms with Gasteiger partial charge in [0.1, 0.15) is 12.4 Å². The molecule has 0 bridgehead atoms. The van der Waals surface area contributed by atoms with Crippen LogP contribution in [0.3, 0.4) is 0 Å². The Bertz CT molecular complexity index is 361. The molecule has 1 aromatic rings. The van der Waals surface area contributed by atoms with E-state index in [1.54, 1.807) is 31.2 Å². The van der Waals surface area contributed by atoms with E-state index in [9.17, 15) is 9.18 Å².